The molecular formula is C21H26N2O6S. The molecule has 8 nitrogen and oxygen atoms in total. The molecule has 1 amide bonds. The number of nitrogens with two attached hydrogens (primary N) is 1. The molecule has 0 radical (unpaired) electrons. The average molecular weight is 435 g/mol. The molecule has 2 aromatic carbocycles. The first kappa shape index (κ1) is 23.4. The number of anilines is 1. The fourth-order valence-electron chi connectivity index (χ4n) is 2.35. The van der Waals surface area contributed by atoms with Crippen molar-refractivity contribution in [3.8, 4) is 5.75 Å². The number of rotatable bonds is 9. The van der Waals surface area contributed by atoms with Gasteiger partial charge in [-0.1, -0.05) is 13.8 Å². The molecule has 0 saturated carbocycles. The van der Waals surface area contributed by atoms with Crippen molar-refractivity contribution in [1.29, 1.82) is 0 Å². The van der Waals surface area contributed by atoms with Gasteiger partial charge in [0.05, 0.1) is 17.1 Å². The fraction of sp³-hybridized carbons (Fsp3) is 0.333. The highest BCUT2D eigenvalue weighted by Crippen LogP contribution is 2.16. The largest absolute Gasteiger partial charge is 0.494 e. The molecule has 9 heteroatoms. The molecule has 162 valence electrons. The molecular weight excluding hydrogens is 408 g/mol. The van der Waals surface area contributed by atoms with E-state index in [9.17, 15) is 18.0 Å². The highest BCUT2D eigenvalue weighted by Gasteiger charge is 2.19. The summed E-state index contributed by atoms with van der Waals surface area (Å²) in [6, 6.07) is 11.8. The van der Waals surface area contributed by atoms with E-state index in [0.717, 1.165) is 6.42 Å². The maximum atomic E-state index is 12.3. The van der Waals surface area contributed by atoms with Crippen molar-refractivity contribution < 1.29 is 27.5 Å². The second-order valence-electron chi connectivity index (χ2n) is 7.16. The molecule has 0 heterocycles. The lowest BCUT2D eigenvalue weighted by molar-refractivity contribution is -0.123. The van der Waals surface area contributed by atoms with E-state index in [0.29, 0.717) is 29.5 Å². The number of carbonyl (C=O) groups is 2. The number of carbonyl (C=O) groups excluding carboxylic acids is 2. The molecule has 2 rings (SSSR count). The maximum Gasteiger partial charge on any atom is 0.338 e. The average Bonchev–Trinajstić information content (AvgIpc) is 2.67. The Kier molecular flexibility index (Phi) is 7.96. The zero-order chi connectivity index (χ0) is 22.3. The summed E-state index contributed by atoms with van der Waals surface area (Å²) >= 11 is 0. The molecule has 2 aromatic rings. The third-order valence-electron chi connectivity index (χ3n) is 4.16. The van der Waals surface area contributed by atoms with Gasteiger partial charge in [0.2, 0.25) is 10.0 Å². The van der Waals surface area contributed by atoms with Crippen LogP contribution in [-0.4, -0.2) is 33.0 Å². The van der Waals surface area contributed by atoms with E-state index in [1.54, 1.807) is 24.3 Å². The third kappa shape index (κ3) is 7.16. The molecule has 0 saturated heterocycles. The standard InChI is InChI=1S/C21H26N2O6S/c1-14(2)12-13-28-18-8-4-16(5-9-18)21(25)29-15(3)20(24)23-17-6-10-19(11-7-17)30(22,26)27/h4-11,14-15H,12-13H2,1-3H3,(H,23,24)(H2,22,26,27)/t15-/m0/s1. The Morgan fingerprint density at radius 3 is 2.13 bits per heavy atom. The Bertz CT molecular complexity index is 970. The smallest absolute Gasteiger partial charge is 0.338 e. The van der Waals surface area contributed by atoms with E-state index in [2.05, 4.69) is 19.2 Å². The Morgan fingerprint density at radius 1 is 1.00 bits per heavy atom. The van der Waals surface area contributed by atoms with Gasteiger partial charge in [-0.15, -0.1) is 0 Å². The summed E-state index contributed by atoms with van der Waals surface area (Å²) in [5.74, 6) is -0.00393. The van der Waals surface area contributed by atoms with Gasteiger partial charge in [-0.3, -0.25) is 4.79 Å². The fourth-order valence-corrected chi connectivity index (χ4v) is 2.87. The summed E-state index contributed by atoms with van der Waals surface area (Å²) in [6.07, 6.45) is -0.126. The van der Waals surface area contributed by atoms with Gasteiger partial charge in [-0.25, -0.2) is 18.4 Å². The SMILES string of the molecule is CC(C)CCOc1ccc(C(=O)O[C@@H](C)C(=O)Nc2ccc(S(N)(=O)=O)cc2)cc1. The predicted molar refractivity (Wildman–Crippen MR) is 113 cm³/mol. The Balaban J connectivity index is 1.89. The van der Waals surface area contributed by atoms with Crippen molar-refractivity contribution in [2.45, 2.75) is 38.2 Å². The molecule has 0 aliphatic carbocycles. The number of primary sulfonamides is 1. The minimum atomic E-state index is -3.81. The second-order valence-corrected chi connectivity index (χ2v) is 8.72. The number of ether oxygens (including phenoxy) is 2. The number of sulfonamides is 1. The van der Waals surface area contributed by atoms with Crippen molar-refractivity contribution in [3.05, 3.63) is 54.1 Å². The first-order valence-corrected chi connectivity index (χ1v) is 11.0. The second kappa shape index (κ2) is 10.2. The number of nitrogens with one attached hydrogen (secondary N) is 1. The number of benzene rings is 2. The number of esters is 1. The number of amides is 1. The summed E-state index contributed by atoms with van der Waals surface area (Å²) in [5.41, 5.74) is 0.640. The normalized spacial score (nSPS) is 12.3. The topological polar surface area (TPSA) is 125 Å². The highest BCUT2D eigenvalue weighted by molar-refractivity contribution is 7.89. The van der Waals surface area contributed by atoms with Gasteiger partial charge in [-0.05, 0) is 67.8 Å². The van der Waals surface area contributed by atoms with E-state index in [4.69, 9.17) is 14.6 Å². The summed E-state index contributed by atoms with van der Waals surface area (Å²) < 4.78 is 33.3. The first-order chi connectivity index (χ1) is 14.1. The lowest BCUT2D eigenvalue weighted by Crippen LogP contribution is -2.30. The minimum absolute atomic E-state index is 0.0726. The van der Waals surface area contributed by atoms with Crippen LogP contribution in [-0.2, 0) is 19.6 Å². The van der Waals surface area contributed by atoms with Crippen LogP contribution in [0.1, 0.15) is 37.6 Å². The van der Waals surface area contributed by atoms with E-state index in [1.807, 2.05) is 0 Å². The molecule has 0 aliphatic heterocycles. The molecule has 1 atom stereocenters. The molecule has 0 unspecified atom stereocenters. The molecule has 0 bridgehead atoms. The molecule has 30 heavy (non-hydrogen) atoms. The van der Waals surface area contributed by atoms with Gasteiger partial charge in [-0.2, -0.15) is 0 Å². The van der Waals surface area contributed by atoms with Crippen LogP contribution < -0.4 is 15.2 Å². The van der Waals surface area contributed by atoms with Crippen molar-refractivity contribution in [1.82, 2.24) is 0 Å². The van der Waals surface area contributed by atoms with Gasteiger partial charge in [0.1, 0.15) is 5.75 Å². The van der Waals surface area contributed by atoms with Gasteiger partial charge >= 0.3 is 5.97 Å². The monoisotopic (exact) mass is 434 g/mol. The van der Waals surface area contributed by atoms with Crippen LogP contribution in [0.25, 0.3) is 0 Å². The van der Waals surface area contributed by atoms with Gasteiger partial charge < -0.3 is 14.8 Å². The predicted octanol–water partition coefficient (Wildman–Crippen LogP) is 2.94. The third-order valence-corrected chi connectivity index (χ3v) is 5.09. The maximum absolute atomic E-state index is 12.3. The van der Waals surface area contributed by atoms with Crippen LogP contribution in [0.2, 0.25) is 0 Å². The number of hydrogen-bond acceptors (Lipinski definition) is 6. The van der Waals surface area contributed by atoms with Crippen molar-refractivity contribution in [2.75, 3.05) is 11.9 Å². The van der Waals surface area contributed by atoms with Crippen molar-refractivity contribution in [2.24, 2.45) is 11.1 Å². The Hall–Kier alpha value is -2.91. The lowest BCUT2D eigenvalue weighted by atomic mass is 10.1. The van der Waals surface area contributed by atoms with E-state index in [1.165, 1.54) is 31.2 Å². The molecule has 0 aliphatic rings. The van der Waals surface area contributed by atoms with Crippen LogP contribution in [0.5, 0.6) is 5.75 Å². The highest BCUT2D eigenvalue weighted by atomic mass is 32.2. The van der Waals surface area contributed by atoms with Crippen LogP contribution in [0.15, 0.2) is 53.4 Å². The zero-order valence-electron chi connectivity index (χ0n) is 17.1. The van der Waals surface area contributed by atoms with Crippen molar-refractivity contribution >= 4 is 27.6 Å². The lowest BCUT2D eigenvalue weighted by Gasteiger charge is -2.14. The summed E-state index contributed by atoms with van der Waals surface area (Å²) in [5, 5.41) is 7.58. The first-order valence-electron chi connectivity index (χ1n) is 9.44. The molecule has 3 N–H and O–H groups in total. The summed E-state index contributed by atoms with van der Waals surface area (Å²) in [4.78, 5) is 24.4. The van der Waals surface area contributed by atoms with Crippen LogP contribution in [0.3, 0.4) is 0 Å². The van der Waals surface area contributed by atoms with Gasteiger partial charge in [0.15, 0.2) is 6.10 Å². The molecule has 0 spiro atoms. The van der Waals surface area contributed by atoms with Gasteiger partial charge in [0.25, 0.3) is 5.91 Å². The number of hydrogen-bond donors (Lipinski definition) is 2. The summed E-state index contributed by atoms with van der Waals surface area (Å²) in [6.45, 7) is 6.25. The van der Waals surface area contributed by atoms with E-state index >= 15 is 0 Å². The van der Waals surface area contributed by atoms with Crippen LogP contribution in [0, 0.1) is 5.92 Å². The van der Waals surface area contributed by atoms with Gasteiger partial charge in [0, 0.05) is 5.69 Å². The summed E-state index contributed by atoms with van der Waals surface area (Å²) in [7, 11) is -3.81. The Morgan fingerprint density at radius 2 is 1.60 bits per heavy atom. The quantitative estimate of drug-likeness (QED) is 0.585. The zero-order valence-corrected chi connectivity index (χ0v) is 17.9. The molecule has 0 aromatic heterocycles. The Labute approximate surface area is 176 Å². The molecule has 0 fully saturated rings. The van der Waals surface area contributed by atoms with E-state index in [-0.39, 0.29) is 4.90 Å². The van der Waals surface area contributed by atoms with Crippen LogP contribution >= 0.6 is 0 Å². The minimum Gasteiger partial charge on any atom is -0.494 e. The van der Waals surface area contributed by atoms with Crippen molar-refractivity contribution in [3.63, 3.8) is 0 Å². The van der Waals surface area contributed by atoms with E-state index < -0.39 is 28.0 Å². The van der Waals surface area contributed by atoms with Crippen LogP contribution in [0.4, 0.5) is 5.69 Å².